The third kappa shape index (κ3) is 4.81. The molecule has 0 aromatic carbocycles. The van der Waals surface area contributed by atoms with Crippen molar-refractivity contribution in [2.45, 2.75) is 45.3 Å². The third-order valence-electron chi connectivity index (χ3n) is 2.79. The largest absolute Gasteiger partial charge is 0.469 e. The van der Waals surface area contributed by atoms with Gasteiger partial charge >= 0.3 is 0 Å². The van der Waals surface area contributed by atoms with Gasteiger partial charge in [-0.05, 0) is 39.3 Å². The minimum atomic E-state index is -0.0584. The maximum absolute atomic E-state index is 5.40. The van der Waals surface area contributed by atoms with Crippen LogP contribution in [0.3, 0.4) is 0 Å². The standard InChI is InChI=1S/C13H23NO2/c1-11(10-13(2,3)15-4)14-8-7-12-6-5-9-16-12/h5-6,9,11,14H,7-8,10H2,1-4H3. The molecule has 1 N–H and O–H groups in total. The van der Waals surface area contributed by atoms with Crippen LogP contribution in [-0.4, -0.2) is 25.3 Å². The van der Waals surface area contributed by atoms with E-state index in [1.54, 1.807) is 13.4 Å². The zero-order chi connectivity index (χ0) is 12.0. The van der Waals surface area contributed by atoms with Crippen LogP contribution in [-0.2, 0) is 11.2 Å². The number of hydrogen-bond donors (Lipinski definition) is 1. The lowest BCUT2D eigenvalue weighted by Gasteiger charge is -2.27. The fourth-order valence-electron chi connectivity index (χ4n) is 1.79. The van der Waals surface area contributed by atoms with Crippen molar-refractivity contribution < 1.29 is 9.15 Å². The fourth-order valence-corrected chi connectivity index (χ4v) is 1.79. The first kappa shape index (κ1) is 13.3. The molecule has 1 aromatic heterocycles. The van der Waals surface area contributed by atoms with E-state index >= 15 is 0 Å². The van der Waals surface area contributed by atoms with Crippen molar-refractivity contribution >= 4 is 0 Å². The van der Waals surface area contributed by atoms with Crippen LogP contribution in [0.4, 0.5) is 0 Å². The zero-order valence-electron chi connectivity index (χ0n) is 10.7. The van der Waals surface area contributed by atoms with Gasteiger partial charge in [0.05, 0.1) is 11.9 Å². The van der Waals surface area contributed by atoms with E-state index in [4.69, 9.17) is 9.15 Å². The molecule has 3 nitrogen and oxygen atoms in total. The van der Waals surface area contributed by atoms with E-state index in [0.717, 1.165) is 25.1 Å². The molecule has 0 saturated carbocycles. The van der Waals surface area contributed by atoms with Crippen molar-refractivity contribution in [3.8, 4) is 0 Å². The summed E-state index contributed by atoms with van der Waals surface area (Å²) in [5.41, 5.74) is -0.0584. The van der Waals surface area contributed by atoms with Gasteiger partial charge in [0.2, 0.25) is 0 Å². The van der Waals surface area contributed by atoms with Crippen molar-refractivity contribution in [1.82, 2.24) is 5.32 Å². The molecule has 16 heavy (non-hydrogen) atoms. The molecule has 0 fully saturated rings. The lowest BCUT2D eigenvalue weighted by molar-refractivity contribution is 0.00863. The van der Waals surface area contributed by atoms with Crippen LogP contribution in [0.15, 0.2) is 22.8 Å². The molecule has 0 bridgehead atoms. The molecule has 92 valence electrons. The van der Waals surface area contributed by atoms with Crippen molar-refractivity contribution in [3.63, 3.8) is 0 Å². The molecular formula is C13H23NO2. The summed E-state index contributed by atoms with van der Waals surface area (Å²) in [4.78, 5) is 0. The Morgan fingerprint density at radius 1 is 1.50 bits per heavy atom. The first-order chi connectivity index (χ1) is 7.53. The summed E-state index contributed by atoms with van der Waals surface area (Å²) in [6.07, 6.45) is 3.65. The lowest BCUT2D eigenvalue weighted by atomic mass is 10.00. The van der Waals surface area contributed by atoms with E-state index in [1.165, 1.54) is 0 Å². The molecular weight excluding hydrogens is 202 g/mol. The second-order valence-corrected chi connectivity index (χ2v) is 4.85. The molecule has 1 aromatic rings. The monoisotopic (exact) mass is 225 g/mol. The molecule has 0 radical (unpaired) electrons. The van der Waals surface area contributed by atoms with E-state index in [9.17, 15) is 0 Å². The smallest absolute Gasteiger partial charge is 0.105 e. The van der Waals surface area contributed by atoms with E-state index < -0.39 is 0 Å². The molecule has 1 unspecified atom stereocenters. The Morgan fingerprint density at radius 2 is 2.25 bits per heavy atom. The van der Waals surface area contributed by atoms with Gasteiger partial charge in [0.1, 0.15) is 5.76 Å². The van der Waals surface area contributed by atoms with Crippen LogP contribution in [0, 0.1) is 0 Å². The second-order valence-electron chi connectivity index (χ2n) is 4.85. The molecule has 0 spiro atoms. The van der Waals surface area contributed by atoms with E-state index in [2.05, 4.69) is 26.1 Å². The summed E-state index contributed by atoms with van der Waals surface area (Å²) >= 11 is 0. The summed E-state index contributed by atoms with van der Waals surface area (Å²) in [5.74, 6) is 1.03. The Kier molecular flexibility index (Phi) is 5.03. The molecule has 1 rings (SSSR count). The van der Waals surface area contributed by atoms with Crippen molar-refractivity contribution in [1.29, 1.82) is 0 Å². The van der Waals surface area contributed by atoms with Crippen LogP contribution >= 0.6 is 0 Å². The van der Waals surface area contributed by atoms with Gasteiger partial charge < -0.3 is 14.5 Å². The highest BCUT2D eigenvalue weighted by atomic mass is 16.5. The van der Waals surface area contributed by atoms with Gasteiger partial charge in [0, 0.05) is 26.1 Å². The van der Waals surface area contributed by atoms with Crippen LogP contribution < -0.4 is 5.32 Å². The molecule has 0 aliphatic carbocycles. The number of hydrogen-bond acceptors (Lipinski definition) is 3. The fraction of sp³-hybridized carbons (Fsp3) is 0.692. The molecule has 0 amide bonds. The molecule has 1 atom stereocenters. The van der Waals surface area contributed by atoms with Gasteiger partial charge in [-0.25, -0.2) is 0 Å². The highest BCUT2D eigenvalue weighted by Gasteiger charge is 2.19. The first-order valence-electron chi connectivity index (χ1n) is 5.84. The lowest BCUT2D eigenvalue weighted by Crippen LogP contribution is -2.36. The van der Waals surface area contributed by atoms with Crippen molar-refractivity contribution in [2.75, 3.05) is 13.7 Å². The number of furan rings is 1. The molecule has 3 heteroatoms. The summed E-state index contributed by atoms with van der Waals surface area (Å²) in [7, 11) is 1.76. The third-order valence-corrected chi connectivity index (χ3v) is 2.79. The number of nitrogens with one attached hydrogen (secondary N) is 1. The zero-order valence-corrected chi connectivity index (χ0v) is 10.7. The maximum Gasteiger partial charge on any atom is 0.105 e. The van der Waals surface area contributed by atoms with E-state index in [0.29, 0.717) is 6.04 Å². The summed E-state index contributed by atoms with van der Waals surface area (Å²) in [6, 6.07) is 4.38. The summed E-state index contributed by atoms with van der Waals surface area (Å²) < 4.78 is 10.7. The molecule has 1 heterocycles. The Hall–Kier alpha value is -0.800. The van der Waals surface area contributed by atoms with Crippen LogP contribution in [0.25, 0.3) is 0 Å². The quantitative estimate of drug-likeness (QED) is 0.774. The topological polar surface area (TPSA) is 34.4 Å². The number of rotatable bonds is 7. The van der Waals surface area contributed by atoms with Gasteiger partial charge in [-0.2, -0.15) is 0 Å². The maximum atomic E-state index is 5.40. The predicted octanol–water partition coefficient (Wildman–Crippen LogP) is 2.62. The normalized spacial score (nSPS) is 14.0. The van der Waals surface area contributed by atoms with E-state index in [-0.39, 0.29) is 5.60 Å². The van der Waals surface area contributed by atoms with Crippen LogP contribution in [0.1, 0.15) is 33.0 Å². The van der Waals surface area contributed by atoms with Crippen LogP contribution in [0.5, 0.6) is 0 Å². The average Bonchev–Trinajstić information content (AvgIpc) is 2.70. The van der Waals surface area contributed by atoms with Gasteiger partial charge in [-0.1, -0.05) is 0 Å². The average molecular weight is 225 g/mol. The van der Waals surface area contributed by atoms with E-state index in [1.807, 2.05) is 12.1 Å². The van der Waals surface area contributed by atoms with Crippen LogP contribution in [0.2, 0.25) is 0 Å². The minimum absolute atomic E-state index is 0.0584. The van der Waals surface area contributed by atoms with Crippen molar-refractivity contribution in [3.05, 3.63) is 24.2 Å². The highest BCUT2D eigenvalue weighted by Crippen LogP contribution is 2.15. The Bertz CT molecular complexity index is 280. The molecule has 0 aliphatic heterocycles. The molecule has 0 saturated heterocycles. The second kappa shape index (κ2) is 6.06. The Labute approximate surface area is 98.2 Å². The van der Waals surface area contributed by atoms with Gasteiger partial charge in [-0.3, -0.25) is 0 Å². The highest BCUT2D eigenvalue weighted by molar-refractivity contribution is 4.98. The number of methoxy groups -OCH3 is 1. The van der Waals surface area contributed by atoms with Gasteiger partial charge in [0.15, 0.2) is 0 Å². The predicted molar refractivity (Wildman–Crippen MR) is 65.6 cm³/mol. The number of ether oxygens (including phenoxy) is 1. The molecule has 0 aliphatic rings. The first-order valence-corrected chi connectivity index (χ1v) is 5.84. The summed E-state index contributed by atoms with van der Waals surface area (Å²) in [6.45, 7) is 7.34. The Morgan fingerprint density at radius 3 is 2.81 bits per heavy atom. The van der Waals surface area contributed by atoms with Gasteiger partial charge in [-0.15, -0.1) is 0 Å². The SMILES string of the molecule is COC(C)(C)CC(C)NCCc1ccco1. The van der Waals surface area contributed by atoms with Gasteiger partial charge in [0.25, 0.3) is 0 Å². The Balaban J connectivity index is 2.18. The van der Waals surface area contributed by atoms with Crippen molar-refractivity contribution in [2.24, 2.45) is 0 Å². The minimum Gasteiger partial charge on any atom is -0.469 e. The summed E-state index contributed by atoms with van der Waals surface area (Å²) in [5, 5.41) is 3.47.